The molecule has 0 aromatic rings. The predicted octanol–water partition coefficient (Wildman–Crippen LogP) is 3.89. The molecule has 128 valence electrons. The van der Waals surface area contributed by atoms with Gasteiger partial charge in [-0.25, -0.2) is 0 Å². The monoisotopic (exact) mass is 412 g/mol. The molecule has 0 atom stereocenters. The summed E-state index contributed by atoms with van der Waals surface area (Å²) < 4.78 is 3.31. The molecule has 0 rings (SSSR count). The van der Waals surface area contributed by atoms with Crippen molar-refractivity contribution in [3.8, 4) is 0 Å². The average molecular weight is 411 g/mol. The Balaban J connectivity index is -0.000000739. The van der Waals surface area contributed by atoms with Crippen molar-refractivity contribution in [1.82, 2.24) is 0 Å². The topological polar surface area (TPSA) is 86.6 Å². The average Bonchev–Trinajstić information content (AvgIpc) is 2.56. The van der Waals surface area contributed by atoms with E-state index in [2.05, 4.69) is 13.8 Å². The van der Waals surface area contributed by atoms with Gasteiger partial charge in [0, 0.05) is 0 Å². The summed E-state index contributed by atoms with van der Waals surface area (Å²) in [6, 6.07) is 0. The molecule has 0 heterocycles. The Morgan fingerprint density at radius 1 is 0.524 bits per heavy atom. The summed E-state index contributed by atoms with van der Waals surface area (Å²) in [5, 5.41) is 26.0. The molecule has 0 fully saturated rings. The van der Waals surface area contributed by atoms with Gasteiger partial charge in [-0.05, 0) is 0 Å². The number of rotatable bonds is 14. The number of unbranched alkanes of at least 4 members (excludes halogenated alkanes) is 10. The van der Waals surface area contributed by atoms with Crippen LogP contribution < -0.4 is 10.5 Å². The molecule has 0 aliphatic carbocycles. The predicted molar refractivity (Wildman–Crippen MR) is 87.4 cm³/mol. The molecule has 0 aliphatic heterocycles. The SMILES string of the molecule is CCCCCCC[CH2][Sn+2][CH2]CCCCCCC.[O-]O.[O-]O. The van der Waals surface area contributed by atoms with E-state index < -0.39 is 0 Å². The summed E-state index contributed by atoms with van der Waals surface area (Å²) in [5.41, 5.74) is 0. The summed E-state index contributed by atoms with van der Waals surface area (Å²) in [5.74, 6) is 0. The van der Waals surface area contributed by atoms with Crippen molar-refractivity contribution in [2.45, 2.75) is 99.8 Å². The minimum atomic E-state index is 0.0736. The normalized spacial score (nSPS) is 9.05. The van der Waals surface area contributed by atoms with Gasteiger partial charge in [0.1, 0.15) is 0 Å². The van der Waals surface area contributed by atoms with Gasteiger partial charge in [-0.2, -0.15) is 0 Å². The van der Waals surface area contributed by atoms with Crippen LogP contribution in [0.25, 0.3) is 0 Å². The van der Waals surface area contributed by atoms with Crippen molar-refractivity contribution < 1.29 is 21.0 Å². The fourth-order valence-electron chi connectivity index (χ4n) is 2.19. The molecule has 5 heteroatoms. The first-order chi connectivity index (χ1) is 10.4. The van der Waals surface area contributed by atoms with Crippen LogP contribution in [0.4, 0.5) is 0 Å². The van der Waals surface area contributed by atoms with Crippen molar-refractivity contribution in [3.63, 3.8) is 0 Å². The molecule has 0 radical (unpaired) electrons. The number of hydrogen-bond acceptors (Lipinski definition) is 4. The Morgan fingerprint density at radius 3 is 1.14 bits per heavy atom. The third-order valence-corrected chi connectivity index (χ3v) is 7.45. The van der Waals surface area contributed by atoms with Crippen LogP contribution in [0.1, 0.15) is 90.9 Å². The first kappa shape index (κ1) is 26.5. The first-order valence-electron chi connectivity index (χ1n) is 8.49. The minimum Gasteiger partial charge on any atom is -0.727 e. The summed E-state index contributed by atoms with van der Waals surface area (Å²) in [4.78, 5) is 0. The van der Waals surface area contributed by atoms with Gasteiger partial charge in [-0.3, -0.25) is 0 Å². The van der Waals surface area contributed by atoms with E-state index in [9.17, 15) is 0 Å². The summed E-state index contributed by atoms with van der Waals surface area (Å²) in [7, 11) is 0. The fraction of sp³-hybridized carbons (Fsp3) is 1.00. The molecule has 0 saturated carbocycles. The zero-order valence-electron chi connectivity index (χ0n) is 14.1. The van der Waals surface area contributed by atoms with Gasteiger partial charge in [-0.15, -0.1) is 0 Å². The molecule has 0 spiro atoms. The maximum atomic E-state index is 7.25. The largest absolute Gasteiger partial charge is 0.727 e. The Bertz CT molecular complexity index is 123. The van der Waals surface area contributed by atoms with E-state index in [1.807, 2.05) is 0 Å². The van der Waals surface area contributed by atoms with Crippen LogP contribution in [0.3, 0.4) is 0 Å². The van der Waals surface area contributed by atoms with Gasteiger partial charge in [-0.1, -0.05) is 0 Å². The van der Waals surface area contributed by atoms with Crippen molar-refractivity contribution in [1.29, 1.82) is 0 Å². The van der Waals surface area contributed by atoms with Crippen LogP contribution >= 0.6 is 0 Å². The van der Waals surface area contributed by atoms with Crippen LogP contribution in [-0.4, -0.2) is 31.7 Å². The Kier molecular flexibility index (Phi) is 41.1. The molecule has 21 heavy (non-hydrogen) atoms. The van der Waals surface area contributed by atoms with Crippen molar-refractivity contribution in [2.24, 2.45) is 0 Å². The minimum absolute atomic E-state index is 0.0736. The smallest absolute Gasteiger partial charge is 0.468 e. The van der Waals surface area contributed by atoms with Gasteiger partial charge in [0.05, 0.1) is 0 Å². The zero-order valence-corrected chi connectivity index (χ0v) is 17.0. The second-order valence-electron chi connectivity index (χ2n) is 5.29. The van der Waals surface area contributed by atoms with Crippen molar-refractivity contribution in [3.05, 3.63) is 0 Å². The molecule has 0 aromatic carbocycles. The Labute approximate surface area is 142 Å². The third kappa shape index (κ3) is 33.5. The molecule has 0 bridgehead atoms. The first-order valence-corrected chi connectivity index (χ1v) is 12.5. The standard InChI is InChI=1S/2C8H17.2H2O2.Sn/c2*1-3-5-7-8-6-4-2;2*1-2;/h2*1,3-8H2,2H3;2*1-2H;/q;;;;+2/p-2. The second-order valence-corrected chi connectivity index (χ2v) is 9.57. The maximum Gasteiger partial charge on any atom is -0.468 e. The van der Waals surface area contributed by atoms with E-state index in [1.165, 1.54) is 64.2 Å². The van der Waals surface area contributed by atoms with Crippen LogP contribution in [0.2, 0.25) is 8.87 Å². The second kappa shape index (κ2) is 32.5. The van der Waals surface area contributed by atoms with Crippen LogP contribution in [0.5, 0.6) is 0 Å². The van der Waals surface area contributed by atoms with E-state index in [1.54, 1.807) is 21.7 Å². The quantitative estimate of drug-likeness (QED) is 0.197. The van der Waals surface area contributed by atoms with E-state index >= 15 is 0 Å². The van der Waals surface area contributed by atoms with Crippen LogP contribution in [0.15, 0.2) is 0 Å². The molecule has 0 unspecified atom stereocenters. The van der Waals surface area contributed by atoms with E-state index in [0.717, 1.165) is 0 Å². The molecular formula is C16H36O4Sn. The third-order valence-electron chi connectivity index (χ3n) is 3.41. The zero-order chi connectivity index (χ0) is 16.6. The Morgan fingerprint density at radius 2 is 0.810 bits per heavy atom. The van der Waals surface area contributed by atoms with Crippen molar-refractivity contribution >= 4 is 21.1 Å². The summed E-state index contributed by atoms with van der Waals surface area (Å²) >= 11 is 0.0736. The van der Waals surface area contributed by atoms with E-state index in [0.29, 0.717) is 0 Å². The Hall–Kier alpha value is 0.639. The van der Waals surface area contributed by atoms with Crippen LogP contribution in [0, 0.1) is 0 Å². The van der Waals surface area contributed by atoms with Crippen LogP contribution in [-0.2, 0) is 0 Å². The van der Waals surface area contributed by atoms with E-state index in [4.69, 9.17) is 21.0 Å². The summed E-state index contributed by atoms with van der Waals surface area (Å²) in [6.45, 7) is 4.60. The molecule has 4 nitrogen and oxygen atoms in total. The van der Waals surface area contributed by atoms with Gasteiger partial charge < -0.3 is 21.0 Å². The molecule has 0 amide bonds. The van der Waals surface area contributed by atoms with Crippen molar-refractivity contribution in [2.75, 3.05) is 0 Å². The van der Waals surface area contributed by atoms with Gasteiger partial charge in [0.2, 0.25) is 0 Å². The molecule has 0 aromatic heterocycles. The van der Waals surface area contributed by atoms with E-state index in [-0.39, 0.29) is 21.1 Å². The molecular weight excluding hydrogens is 375 g/mol. The molecule has 2 N–H and O–H groups in total. The van der Waals surface area contributed by atoms with Gasteiger partial charge in [0.15, 0.2) is 0 Å². The fourth-order valence-corrected chi connectivity index (χ4v) is 5.75. The summed E-state index contributed by atoms with van der Waals surface area (Å²) in [6.07, 6.45) is 17.8. The molecule has 0 saturated heterocycles. The van der Waals surface area contributed by atoms with Gasteiger partial charge in [0.25, 0.3) is 0 Å². The van der Waals surface area contributed by atoms with Gasteiger partial charge >= 0.3 is 121 Å². The number of hydrogen-bond donors (Lipinski definition) is 2. The maximum absolute atomic E-state index is 7.25. The molecule has 0 aliphatic rings.